The van der Waals surface area contributed by atoms with Crippen LogP contribution in [0.15, 0.2) is 36.4 Å². The Morgan fingerprint density at radius 3 is 2.42 bits per heavy atom. The summed E-state index contributed by atoms with van der Waals surface area (Å²) in [6.07, 6.45) is 0. The second-order valence-corrected chi connectivity index (χ2v) is 6.15. The van der Waals surface area contributed by atoms with Crippen molar-refractivity contribution in [2.24, 2.45) is 0 Å². The number of nitrogens with one attached hydrogen (secondary N) is 1. The van der Waals surface area contributed by atoms with Crippen LogP contribution < -0.4 is 11.1 Å². The van der Waals surface area contributed by atoms with E-state index < -0.39 is 16.7 Å². The number of nitrogen functional groups attached to an aromatic ring is 1. The summed E-state index contributed by atoms with van der Waals surface area (Å²) in [7, 11) is 1.39. The molecule has 2 aromatic rings. The number of halogens is 2. The van der Waals surface area contributed by atoms with Gasteiger partial charge < -0.3 is 16.0 Å². The third-order valence-electron chi connectivity index (χ3n) is 3.43. The number of carbonyl (C=O) groups is 2. The number of anilines is 2. The number of likely N-dealkylation sites (N-methyl/N-ethyl adjacent to an activating group) is 1. The first kappa shape index (κ1) is 19.5. The normalized spacial score (nSPS) is 10.3. The van der Waals surface area contributed by atoms with Crippen molar-refractivity contribution in [3.63, 3.8) is 0 Å². The number of nitro benzene ring substituents is 1. The minimum Gasteiger partial charge on any atom is -0.393 e. The highest BCUT2D eigenvalue weighted by Crippen LogP contribution is 2.29. The molecule has 10 heteroatoms. The molecule has 0 unspecified atom stereocenters. The Morgan fingerprint density at radius 2 is 1.85 bits per heavy atom. The quantitative estimate of drug-likeness (QED) is 0.456. The number of rotatable bonds is 5. The number of benzene rings is 2. The summed E-state index contributed by atoms with van der Waals surface area (Å²) in [6, 6.07) is 8.44. The molecule has 2 rings (SSSR count). The number of para-hydroxylation sites is 1. The van der Waals surface area contributed by atoms with Crippen LogP contribution in [0.1, 0.15) is 10.4 Å². The van der Waals surface area contributed by atoms with Crippen molar-refractivity contribution in [1.82, 2.24) is 4.90 Å². The van der Waals surface area contributed by atoms with Crippen LogP contribution in [0, 0.1) is 10.1 Å². The van der Waals surface area contributed by atoms with Gasteiger partial charge in [-0.1, -0.05) is 29.3 Å². The number of nitrogens with zero attached hydrogens (tertiary/aromatic N) is 2. The van der Waals surface area contributed by atoms with E-state index in [1.807, 2.05) is 0 Å². The van der Waals surface area contributed by atoms with Crippen LogP contribution in [0.25, 0.3) is 0 Å². The summed E-state index contributed by atoms with van der Waals surface area (Å²) in [6.45, 7) is -0.307. The second kappa shape index (κ2) is 8.03. The van der Waals surface area contributed by atoms with Crippen LogP contribution in [0.5, 0.6) is 0 Å². The molecule has 26 heavy (non-hydrogen) atoms. The summed E-state index contributed by atoms with van der Waals surface area (Å²) in [4.78, 5) is 35.9. The molecule has 0 fully saturated rings. The standard InChI is InChI=1S/C16H14Cl2N4O4/c1-21(8-14(23)20-15-10(17)3-2-4-11(15)18)16(24)9-5-6-12(19)13(7-9)22(25)26/h2-7H,8,19H2,1H3,(H,20,23). The third kappa shape index (κ3) is 4.41. The number of carbonyl (C=O) groups excluding carboxylic acids is 2. The summed E-state index contributed by atoms with van der Waals surface area (Å²) in [5.74, 6) is -1.10. The van der Waals surface area contributed by atoms with E-state index in [2.05, 4.69) is 5.32 Å². The molecule has 0 aliphatic heterocycles. The number of amides is 2. The van der Waals surface area contributed by atoms with Crippen LogP contribution >= 0.6 is 23.2 Å². The summed E-state index contributed by atoms with van der Waals surface area (Å²) >= 11 is 12.0. The van der Waals surface area contributed by atoms with Crippen molar-refractivity contribution in [1.29, 1.82) is 0 Å². The van der Waals surface area contributed by atoms with Gasteiger partial charge in [0.2, 0.25) is 5.91 Å². The predicted octanol–water partition coefficient (Wildman–Crippen LogP) is 3.19. The second-order valence-electron chi connectivity index (χ2n) is 5.34. The minimum atomic E-state index is -0.682. The number of hydrogen-bond donors (Lipinski definition) is 2. The fraction of sp³-hybridized carbons (Fsp3) is 0.125. The maximum Gasteiger partial charge on any atom is 0.292 e. The first-order valence-corrected chi connectivity index (χ1v) is 7.99. The van der Waals surface area contributed by atoms with E-state index in [0.717, 1.165) is 11.0 Å². The molecule has 2 amide bonds. The Labute approximate surface area is 158 Å². The van der Waals surface area contributed by atoms with Gasteiger partial charge in [0, 0.05) is 18.7 Å². The Bertz CT molecular complexity index is 868. The van der Waals surface area contributed by atoms with Gasteiger partial charge in [-0.3, -0.25) is 19.7 Å². The Kier molecular flexibility index (Phi) is 6.01. The molecule has 2 aromatic carbocycles. The topological polar surface area (TPSA) is 119 Å². The van der Waals surface area contributed by atoms with E-state index in [1.54, 1.807) is 18.2 Å². The van der Waals surface area contributed by atoms with Crippen LogP contribution in [-0.2, 0) is 4.79 Å². The van der Waals surface area contributed by atoms with E-state index in [1.165, 1.54) is 19.2 Å². The van der Waals surface area contributed by atoms with E-state index in [-0.39, 0.29) is 39.2 Å². The molecular formula is C16H14Cl2N4O4. The van der Waals surface area contributed by atoms with Crippen molar-refractivity contribution in [3.05, 3.63) is 62.1 Å². The highest BCUT2D eigenvalue weighted by Gasteiger charge is 2.20. The van der Waals surface area contributed by atoms with Crippen molar-refractivity contribution < 1.29 is 14.5 Å². The molecule has 0 radical (unpaired) electrons. The molecule has 0 saturated heterocycles. The van der Waals surface area contributed by atoms with Gasteiger partial charge in [0.25, 0.3) is 11.6 Å². The summed E-state index contributed by atoms with van der Waals surface area (Å²) in [5, 5.41) is 14.0. The van der Waals surface area contributed by atoms with Gasteiger partial charge in [-0.15, -0.1) is 0 Å². The molecule has 0 aliphatic carbocycles. The van der Waals surface area contributed by atoms with Gasteiger partial charge in [0.05, 0.1) is 27.2 Å². The van der Waals surface area contributed by atoms with Gasteiger partial charge in [0.15, 0.2) is 0 Å². The lowest BCUT2D eigenvalue weighted by atomic mass is 10.1. The molecule has 8 nitrogen and oxygen atoms in total. The third-order valence-corrected chi connectivity index (χ3v) is 4.06. The van der Waals surface area contributed by atoms with Crippen LogP contribution in [-0.4, -0.2) is 35.2 Å². The molecule has 0 saturated carbocycles. The maximum absolute atomic E-state index is 12.4. The monoisotopic (exact) mass is 396 g/mol. The highest BCUT2D eigenvalue weighted by molar-refractivity contribution is 6.39. The molecule has 3 N–H and O–H groups in total. The van der Waals surface area contributed by atoms with Crippen molar-refractivity contribution in [2.75, 3.05) is 24.6 Å². The lowest BCUT2D eigenvalue weighted by Gasteiger charge is -2.17. The zero-order chi connectivity index (χ0) is 19.4. The number of nitrogens with two attached hydrogens (primary N) is 1. The van der Waals surface area contributed by atoms with Crippen molar-refractivity contribution in [3.8, 4) is 0 Å². The fourth-order valence-corrected chi connectivity index (χ4v) is 2.63. The van der Waals surface area contributed by atoms with Crippen molar-refractivity contribution >= 4 is 52.1 Å². The molecule has 0 atom stereocenters. The van der Waals surface area contributed by atoms with Crippen LogP contribution in [0.3, 0.4) is 0 Å². The molecule has 0 bridgehead atoms. The minimum absolute atomic E-state index is 0.0389. The van der Waals surface area contributed by atoms with E-state index >= 15 is 0 Å². The molecule has 136 valence electrons. The average Bonchev–Trinajstić information content (AvgIpc) is 2.57. The molecule has 0 heterocycles. The first-order chi connectivity index (χ1) is 12.2. The van der Waals surface area contributed by atoms with E-state index in [0.29, 0.717) is 0 Å². The van der Waals surface area contributed by atoms with Gasteiger partial charge in [-0.05, 0) is 24.3 Å². The van der Waals surface area contributed by atoms with Crippen molar-refractivity contribution in [2.45, 2.75) is 0 Å². The smallest absolute Gasteiger partial charge is 0.292 e. The maximum atomic E-state index is 12.4. The first-order valence-electron chi connectivity index (χ1n) is 7.24. The van der Waals surface area contributed by atoms with Gasteiger partial charge in [-0.2, -0.15) is 0 Å². The lowest BCUT2D eigenvalue weighted by Crippen LogP contribution is -2.35. The Hall–Kier alpha value is -2.84. The van der Waals surface area contributed by atoms with Gasteiger partial charge >= 0.3 is 0 Å². The van der Waals surface area contributed by atoms with Crippen LogP contribution in [0.4, 0.5) is 17.1 Å². The zero-order valence-electron chi connectivity index (χ0n) is 13.5. The van der Waals surface area contributed by atoms with Gasteiger partial charge in [-0.25, -0.2) is 0 Å². The molecule has 0 spiro atoms. The SMILES string of the molecule is CN(CC(=O)Nc1c(Cl)cccc1Cl)C(=O)c1ccc(N)c([N+](=O)[O-])c1. The summed E-state index contributed by atoms with van der Waals surface area (Å²) in [5.41, 5.74) is 5.35. The average molecular weight is 397 g/mol. The Balaban J connectivity index is 2.10. The largest absolute Gasteiger partial charge is 0.393 e. The number of nitro groups is 1. The van der Waals surface area contributed by atoms with E-state index in [4.69, 9.17) is 28.9 Å². The molecule has 0 aromatic heterocycles. The number of hydrogen-bond acceptors (Lipinski definition) is 5. The lowest BCUT2D eigenvalue weighted by molar-refractivity contribution is -0.383. The van der Waals surface area contributed by atoms with Gasteiger partial charge in [0.1, 0.15) is 5.69 Å². The summed E-state index contributed by atoms with van der Waals surface area (Å²) < 4.78 is 0. The van der Waals surface area contributed by atoms with E-state index in [9.17, 15) is 19.7 Å². The van der Waals surface area contributed by atoms with Crippen LogP contribution in [0.2, 0.25) is 10.0 Å². The highest BCUT2D eigenvalue weighted by atomic mass is 35.5. The Morgan fingerprint density at radius 1 is 1.23 bits per heavy atom. The zero-order valence-corrected chi connectivity index (χ0v) is 15.0. The predicted molar refractivity (Wildman–Crippen MR) is 99.6 cm³/mol. The molecule has 0 aliphatic rings. The fourth-order valence-electron chi connectivity index (χ4n) is 2.14. The molecular weight excluding hydrogens is 383 g/mol.